The highest BCUT2D eigenvalue weighted by Gasteiger charge is 2.25. The maximum Gasteiger partial charge on any atom is 0.472 e. The van der Waals surface area contributed by atoms with E-state index in [1.807, 2.05) is 6.92 Å². The molecule has 0 heterocycles. The summed E-state index contributed by atoms with van der Waals surface area (Å²) in [6.07, 6.45) is 3.37. The lowest BCUT2D eigenvalue weighted by molar-refractivity contribution is -0.371. The smallest absolute Gasteiger partial charge is 0.462 e. The van der Waals surface area contributed by atoms with E-state index in [0.29, 0.717) is 19.4 Å². The van der Waals surface area contributed by atoms with Gasteiger partial charge in [-0.1, -0.05) is 19.8 Å². The fourth-order valence-electron chi connectivity index (χ4n) is 1.84. The Morgan fingerprint density at radius 3 is 2.46 bits per heavy atom. The molecule has 0 aromatic rings. The number of rotatable bonds is 16. The van der Waals surface area contributed by atoms with Crippen molar-refractivity contribution in [3.63, 3.8) is 0 Å². The van der Waals surface area contributed by atoms with Crippen LogP contribution in [-0.2, 0) is 32.7 Å². The lowest BCUT2D eigenvalue weighted by atomic mass is 10.2. The molecule has 0 radical (unpaired) electrons. The summed E-state index contributed by atoms with van der Waals surface area (Å²) in [4.78, 5) is 32.9. The van der Waals surface area contributed by atoms with Crippen LogP contribution in [0.4, 0.5) is 0 Å². The minimum absolute atomic E-state index is 0.0453. The number of carbonyl (C=O) groups is 2. The number of carbonyl (C=O) groups excluding carboxylic acids is 2. The SMILES string of the molecule is [CH2-]CCCCCC(=O)OC[C@H](COP(=O)(O)OCC[NH3+])OC(=O)CCC. The van der Waals surface area contributed by atoms with Gasteiger partial charge in [-0.2, -0.15) is 6.42 Å². The molecule has 0 aromatic heterocycles. The van der Waals surface area contributed by atoms with Gasteiger partial charge in [0.15, 0.2) is 6.10 Å². The molecule has 0 aliphatic carbocycles. The second-order valence-electron chi connectivity index (χ2n) is 5.66. The van der Waals surface area contributed by atoms with Gasteiger partial charge in [-0.15, -0.1) is 0 Å². The minimum atomic E-state index is -4.27. The molecule has 0 spiro atoms. The highest BCUT2D eigenvalue weighted by Crippen LogP contribution is 2.42. The monoisotopic (exact) mass is 397 g/mol. The van der Waals surface area contributed by atoms with Crippen LogP contribution < -0.4 is 5.73 Å². The molecule has 9 nitrogen and oxygen atoms in total. The molecule has 0 rings (SSSR count). The van der Waals surface area contributed by atoms with Crippen molar-refractivity contribution in [1.29, 1.82) is 0 Å². The second-order valence-corrected chi connectivity index (χ2v) is 7.11. The zero-order chi connectivity index (χ0) is 19.8. The van der Waals surface area contributed by atoms with E-state index < -0.39 is 32.5 Å². The molecule has 0 aliphatic heterocycles. The number of hydrogen-bond acceptors (Lipinski definition) is 7. The van der Waals surface area contributed by atoms with Crippen molar-refractivity contribution in [2.24, 2.45) is 0 Å². The first kappa shape index (κ1) is 25.0. The predicted octanol–water partition coefficient (Wildman–Crippen LogP) is 1.40. The number of ether oxygens (including phenoxy) is 2. The lowest BCUT2D eigenvalue weighted by Gasteiger charge is -2.19. The van der Waals surface area contributed by atoms with E-state index in [9.17, 15) is 19.0 Å². The Morgan fingerprint density at radius 2 is 1.85 bits per heavy atom. The summed E-state index contributed by atoms with van der Waals surface area (Å²) < 4.78 is 31.3. The highest BCUT2D eigenvalue weighted by molar-refractivity contribution is 7.47. The minimum Gasteiger partial charge on any atom is -0.462 e. The van der Waals surface area contributed by atoms with Crippen molar-refractivity contribution in [2.45, 2.75) is 58.0 Å². The van der Waals surface area contributed by atoms with Gasteiger partial charge in [0.25, 0.3) is 0 Å². The van der Waals surface area contributed by atoms with Crippen LogP contribution in [0.15, 0.2) is 0 Å². The van der Waals surface area contributed by atoms with E-state index in [0.717, 1.165) is 19.3 Å². The van der Waals surface area contributed by atoms with Crippen LogP contribution in [0, 0.1) is 6.92 Å². The van der Waals surface area contributed by atoms with Crippen LogP contribution in [0.25, 0.3) is 0 Å². The first-order valence-corrected chi connectivity index (χ1v) is 10.4. The molecule has 0 saturated carbocycles. The first-order chi connectivity index (χ1) is 12.3. The molecule has 154 valence electrons. The zero-order valence-electron chi connectivity index (χ0n) is 15.5. The largest absolute Gasteiger partial charge is 0.472 e. The van der Waals surface area contributed by atoms with Crippen molar-refractivity contribution < 1.29 is 43.3 Å². The third-order valence-corrected chi connectivity index (χ3v) is 4.12. The van der Waals surface area contributed by atoms with Crippen LogP contribution >= 0.6 is 7.82 Å². The number of esters is 2. The molecule has 0 bridgehead atoms. The van der Waals surface area contributed by atoms with Crippen LogP contribution in [0.2, 0.25) is 0 Å². The van der Waals surface area contributed by atoms with E-state index >= 15 is 0 Å². The Balaban J connectivity index is 4.43. The molecule has 0 fully saturated rings. The van der Waals surface area contributed by atoms with E-state index in [1.54, 1.807) is 0 Å². The molecule has 0 amide bonds. The maximum atomic E-state index is 11.7. The standard InChI is InChI=1S/C16H31NO8P/c1-3-5-6-7-9-15(18)22-12-14(25-16(19)8-4-2)13-24-26(20,21)23-11-10-17/h14H,1,3-13,17H2,2H3,(H,20,21)/q-1/p+1/t14-/m1/s1. The number of quaternary nitrogens is 1. The van der Waals surface area contributed by atoms with Crippen molar-refractivity contribution in [2.75, 3.05) is 26.4 Å². The van der Waals surface area contributed by atoms with Gasteiger partial charge < -0.3 is 27.0 Å². The average molecular weight is 397 g/mol. The molecule has 0 aliphatic rings. The number of phosphoric acid groups is 1. The van der Waals surface area contributed by atoms with Gasteiger partial charge >= 0.3 is 19.8 Å². The van der Waals surface area contributed by atoms with Gasteiger partial charge in [-0.25, -0.2) is 4.57 Å². The summed E-state index contributed by atoms with van der Waals surface area (Å²) >= 11 is 0. The molecule has 0 aromatic carbocycles. The fraction of sp³-hybridized carbons (Fsp3) is 0.812. The summed E-state index contributed by atoms with van der Waals surface area (Å²) in [6.45, 7) is 5.12. The molecule has 4 N–H and O–H groups in total. The number of unbranched alkanes of at least 4 members (excludes halogenated alkanes) is 3. The van der Waals surface area contributed by atoms with Crippen molar-refractivity contribution in [1.82, 2.24) is 0 Å². The summed E-state index contributed by atoms with van der Waals surface area (Å²) in [5.74, 6) is -0.926. The van der Waals surface area contributed by atoms with Gasteiger partial charge in [0.05, 0.1) is 13.2 Å². The average Bonchev–Trinajstić information content (AvgIpc) is 2.59. The van der Waals surface area contributed by atoms with Gasteiger partial charge in [0, 0.05) is 12.8 Å². The summed E-state index contributed by atoms with van der Waals surface area (Å²) in [5.41, 5.74) is 3.49. The number of hydrogen-bond donors (Lipinski definition) is 2. The maximum absolute atomic E-state index is 11.7. The number of phosphoric ester groups is 1. The second kappa shape index (κ2) is 15.1. The molecule has 26 heavy (non-hydrogen) atoms. The molecular formula is C16H32NO8P. The molecule has 10 heteroatoms. The van der Waals surface area contributed by atoms with Crippen LogP contribution in [0.3, 0.4) is 0 Å². The van der Waals surface area contributed by atoms with E-state index in [-0.39, 0.29) is 26.1 Å². The van der Waals surface area contributed by atoms with Gasteiger partial charge in [-0.05, 0) is 12.8 Å². The Labute approximate surface area is 155 Å². The van der Waals surface area contributed by atoms with E-state index in [2.05, 4.69) is 17.2 Å². The summed E-state index contributed by atoms with van der Waals surface area (Å²) in [7, 11) is -4.27. The van der Waals surface area contributed by atoms with Gasteiger partial charge in [-0.3, -0.25) is 18.6 Å². The van der Waals surface area contributed by atoms with Crippen LogP contribution in [0.5, 0.6) is 0 Å². The third-order valence-electron chi connectivity index (χ3n) is 3.14. The van der Waals surface area contributed by atoms with E-state index in [1.165, 1.54) is 0 Å². The topological polar surface area (TPSA) is 136 Å². The molecular weight excluding hydrogens is 365 g/mol. The summed E-state index contributed by atoms with van der Waals surface area (Å²) in [6, 6.07) is 0. The lowest BCUT2D eigenvalue weighted by Crippen LogP contribution is -2.52. The Hall–Kier alpha value is -0.990. The Morgan fingerprint density at radius 1 is 1.12 bits per heavy atom. The fourth-order valence-corrected chi connectivity index (χ4v) is 2.63. The molecule has 1 unspecified atom stereocenters. The quantitative estimate of drug-likeness (QED) is 0.173. The normalized spacial score (nSPS) is 14.5. The predicted molar refractivity (Wildman–Crippen MR) is 93.7 cm³/mol. The molecule has 2 atom stereocenters. The van der Waals surface area contributed by atoms with Gasteiger partial charge in [0.2, 0.25) is 0 Å². The van der Waals surface area contributed by atoms with Crippen molar-refractivity contribution in [3.8, 4) is 0 Å². The molecule has 0 saturated heterocycles. The third kappa shape index (κ3) is 14.2. The summed E-state index contributed by atoms with van der Waals surface area (Å²) in [5, 5.41) is 0. The Bertz CT molecular complexity index is 446. The van der Waals surface area contributed by atoms with Crippen LogP contribution in [0.1, 0.15) is 51.9 Å². The first-order valence-electron chi connectivity index (χ1n) is 8.90. The Kier molecular flexibility index (Phi) is 14.5. The zero-order valence-corrected chi connectivity index (χ0v) is 16.4. The highest BCUT2D eigenvalue weighted by atomic mass is 31.2. The van der Waals surface area contributed by atoms with Crippen molar-refractivity contribution in [3.05, 3.63) is 6.92 Å². The van der Waals surface area contributed by atoms with Crippen molar-refractivity contribution >= 4 is 19.8 Å². The van der Waals surface area contributed by atoms with E-state index in [4.69, 9.17) is 14.0 Å². The van der Waals surface area contributed by atoms with Crippen LogP contribution in [-0.4, -0.2) is 49.3 Å². The van der Waals surface area contributed by atoms with Gasteiger partial charge in [0.1, 0.15) is 13.2 Å².